The SMILES string of the molecule is CNC1(CN2CCn3c(ccc(C(=O)NCc4ccc(C)cc4)c3=O)C2=O)CC1. The molecule has 7 nitrogen and oxygen atoms in total. The quantitative estimate of drug-likeness (QED) is 0.774. The molecule has 1 fully saturated rings. The molecule has 2 amide bonds. The molecule has 1 aliphatic heterocycles. The largest absolute Gasteiger partial charge is 0.348 e. The fourth-order valence-electron chi connectivity index (χ4n) is 3.78. The summed E-state index contributed by atoms with van der Waals surface area (Å²) in [5.41, 5.74) is 2.14. The third-order valence-electron chi connectivity index (χ3n) is 5.97. The third kappa shape index (κ3) is 3.82. The Labute approximate surface area is 169 Å². The highest BCUT2D eigenvalue weighted by Gasteiger charge is 2.44. The lowest BCUT2D eigenvalue weighted by Gasteiger charge is -2.32. The van der Waals surface area contributed by atoms with Crippen LogP contribution in [0.5, 0.6) is 0 Å². The van der Waals surface area contributed by atoms with Gasteiger partial charge in [0.2, 0.25) is 0 Å². The molecule has 0 atom stereocenters. The molecule has 2 aromatic rings. The van der Waals surface area contributed by atoms with Gasteiger partial charge in [0, 0.05) is 31.7 Å². The van der Waals surface area contributed by atoms with Gasteiger partial charge in [0.15, 0.2) is 0 Å². The first kappa shape index (κ1) is 19.4. The molecule has 1 saturated carbocycles. The van der Waals surface area contributed by atoms with Crippen LogP contribution >= 0.6 is 0 Å². The van der Waals surface area contributed by atoms with E-state index in [9.17, 15) is 14.4 Å². The summed E-state index contributed by atoms with van der Waals surface area (Å²) in [7, 11) is 1.92. The molecule has 7 heteroatoms. The average molecular weight is 394 g/mol. The molecule has 152 valence electrons. The van der Waals surface area contributed by atoms with Crippen LogP contribution in [0.25, 0.3) is 0 Å². The molecule has 4 rings (SSSR count). The highest BCUT2D eigenvalue weighted by atomic mass is 16.2. The fourth-order valence-corrected chi connectivity index (χ4v) is 3.78. The first-order chi connectivity index (χ1) is 13.9. The molecule has 0 bridgehead atoms. The first-order valence-corrected chi connectivity index (χ1v) is 9.98. The standard InChI is InChI=1S/C22H26N4O3/c1-15-3-5-16(6-4-15)13-24-19(27)17-7-8-18-21(29)25(11-12-26(18)20(17)28)14-22(23-2)9-10-22/h3-8,23H,9-14H2,1-2H3,(H,24,27). The number of hydrogen-bond donors (Lipinski definition) is 2. The summed E-state index contributed by atoms with van der Waals surface area (Å²) in [4.78, 5) is 40.0. The maximum Gasteiger partial charge on any atom is 0.270 e. The minimum absolute atomic E-state index is 0.0218. The van der Waals surface area contributed by atoms with Crippen LogP contribution in [0, 0.1) is 6.92 Å². The van der Waals surface area contributed by atoms with Gasteiger partial charge in [-0.25, -0.2) is 0 Å². The number of benzene rings is 1. The lowest BCUT2D eigenvalue weighted by molar-refractivity contribution is 0.0674. The van der Waals surface area contributed by atoms with Crippen LogP contribution in [0.2, 0.25) is 0 Å². The number of carbonyl (C=O) groups is 2. The van der Waals surface area contributed by atoms with Gasteiger partial charge in [0.25, 0.3) is 17.4 Å². The van der Waals surface area contributed by atoms with Crippen molar-refractivity contribution in [2.45, 2.75) is 38.4 Å². The number of rotatable bonds is 6. The molecule has 0 radical (unpaired) electrons. The van der Waals surface area contributed by atoms with Crippen molar-refractivity contribution in [3.63, 3.8) is 0 Å². The van der Waals surface area contributed by atoms with Gasteiger partial charge >= 0.3 is 0 Å². The number of carbonyl (C=O) groups excluding carboxylic acids is 2. The number of fused-ring (bicyclic) bond motifs is 1. The molecule has 0 unspecified atom stereocenters. The molecule has 0 spiro atoms. The number of pyridine rings is 1. The van der Waals surface area contributed by atoms with Crippen LogP contribution < -0.4 is 16.2 Å². The Morgan fingerprint density at radius 1 is 1.07 bits per heavy atom. The molecule has 29 heavy (non-hydrogen) atoms. The molecule has 2 N–H and O–H groups in total. The number of likely N-dealkylation sites (N-methyl/N-ethyl adjacent to an activating group) is 1. The van der Waals surface area contributed by atoms with Crippen molar-refractivity contribution < 1.29 is 9.59 Å². The van der Waals surface area contributed by atoms with Crippen molar-refractivity contribution >= 4 is 11.8 Å². The first-order valence-electron chi connectivity index (χ1n) is 9.98. The van der Waals surface area contributed by atoms with Gasteiger partial charge in [-0.2, -0.15) is 0 Å². The normalized spacial score (nSPS) is 17.0. The molecule has 2 heterocycles. The maximum absolute atomic E-state index is 12.8. The van der Waals surface area contributed by atoms with Crippen LogP contribution in [0.15, 0.2) is 41.2 Å². The second kappa shape index (κ2) is 7.48. The van der Waals surface area contributed by atoms with E-state index in [2.05, 4.69) is 10.6 Å². The zero-order valence-electron chi connectivity index (χ0n) is 16.8. The summed E-state index contributed by atoms with van der Waals surface area (Å²) in [6.07, 6.45) is 2.11. The Bertz CT molecular complexity index is 1010. The van der Waals surface area contributed by atoms with E-state index in [4.69, 9.17) is 0 Å². The molecule has 2 aliphatic rings. The molecule has 1 aliphatic carbocycles. The zero-order valence-corrected chi connectivity index (χ0v) is 16.8. The van der Waals surface area contributed by atoms with Crippen LogP contribution in [0.1, 0.15) is 44.8 Å². The molecular formula is C22H26N4O3. The topological polar surface area (TPSA) is 83.4 Å². The van der Waals surface area contributed by atoms with Crippen molar-refractivity contribution in [3.05, 3.63) is 69.1 Å². The summed E-state index contributed by atoms with van der Waals surface area (Å²) >= 11 is 0. The van der Waals surface area contributed by atoms with Gasteiger partial charge in [0.1, 0.15) is 11.3 Å². The molecule has 1 aromatic carbocycles. The van der Waals surface area contributed by atoms with Crippen molar-refractivity contribution in [3.8, 4) is 0 Å². The Balaban J connectivity index is 1.48. The highest BCUT2D eigenvalue weighted by Crippen LogP contribution is 2.36. The minimum Gasteiger partial charge on any atom is -0.348 e. The second-order valence-electron chi connectivity index (χ2n) is 8.01. The zero-order chi connectivity index (χ0) is 20.6. The second-order valence-corrected chi connectivity index (χ2v) is 8.01. The molecule has 0 saturated heterocycles. The van der Waals surface area contributed by atoms with E-state index < -0.39 is 11.5 Å². The van der Waals surface area contributed by atoms with E-state index >= 15 is 0 Å². The number of amides is 2. The highest BCUT2D eigenvalue weighted by molar-refractivity contribution is 5.96. The number of nitrogens with zero attached hydrogens (tertiary/aromatic N) is 2. The Hall–Kier alpha value is -2.93. The van der Waals surface area contributed by atoms with E-state index in [0.29, 0.717) is 31.9 Å². The minimum atomic E-state index is -0.423. The number of nitrogens with one attached hydrogen (secondary N) is 2. The Morgan fingerprint density at radius 3 is 2.45 bits per heavy atom. The predicted octanol–water partition coefficient (Wildman–Crippen LogP) is 1.29. The van der Waals surface area contributed by atoms with Crippen LogP contribution in [-0.2, 0) is 13.1 Å². The van der Waals surface area contributed by atoms with Gasteiger partial charge in [-0.05, 0) is 44.5 Å². The van der Waals surface area contributed by atoms with E-state index in [-0.39, 0.29) is 17.0 Å². The summed E-state index contributed by atoms with van der Waals surface area (Å²) in [5.74, 6) is -0.575. The summed E-state index contributed by atoms with van der Waals surface area (Å²) in [6, 6.07) is 10.9. The summed E-state index contributed by atoms with van der Waals surface area (Å²) < 4.78 is 1.43. The lowest BCUT2D eigenvalue weighted by atomic mass is 10.1. The van der Waals surface area contributed by atoms with Crippen LogP contribution in [-0.4, -0.2) is 47.0 Å². The van der Waals surface area contributed by atoms with Crippen molar-refractivity contribution in [2.24, 2.45) is 0 Å². The maximum atomic E-state index is 12.8. The van der Waals surface area contributed by atoms with E-state index in [1.807, 2.05) is 38.2 Å². The van der Waals surface area contributed by atoms with Crippen LogP contribution in [0.3, 0.4) is 0 Å². The van der Waals surface area contributed by atoms with Crippen molar-refractivity contribution in [2.75, 3.05) is 20.1 Å². The Morgan fingerprint density at radius 2 is 1.79 bits per heavy atom. The lowest BCUT2D eigenvalue weighted by Crippen LogP contribution is -2.50. The van der Waals surface area contributed by atoms with E-state index in [1.54, 1.807) is 11.0 Å². The van der Waals surface area contributed by atoms with Gasteiger partial charge in [-0.15, -0.1) is 0 Å². The number of aromatic nitrogens is 1. The van der Waals surface area contributed by atoms with Gasteiger partial charge in [-0.1, -0.05) is 29.8 Å². The molecular weight excluding hydrogens is 368 g/mol. The van der Waals surface area contributed by atoms with Gasteiger partial charge < -0.3 is 20.1 Å². The summed E-state index contributed by atoms with van der Waals surface area (Å²) in [5, 5.41) is 6.09. The molecule has 1 aromatic heterocycles. The van der Waals surface area contributed by atoms with Crippen molar-refractivity contribution in [1.82, 2.24) is 20.1 Å². The monoisotopic (exact) mass is 394 g/mol. The predicted molar refractivity (Wildman–Crippen MR) is 110 cm³/mol. The fraction of sp³-hybridized carbons (Fsp3) is 0.409. The van der Waals surface area contributed by atoms with Gasteiger partial charge in [0.05, 0.1) is 0 Å². The number of hydrogen-bond acceptors (Lipinski definition) is 4. The smallest absolute Gasteiger partial charge is 0.270 e. The third-order valence-corrected chi connectivity index (χ3v) is 5.97. The van der Waals surface area contributed by atoms with Crippen molar-refractivity contribution in [1.29, 1.82) is 0 Å². The van der Waals surface area contributed by atoms with Gasteiger partial charge in [-0.3, -0.25) is 14.4 Å². The Kier molecular flexibility index (Phi) is 5.00. The number of aryl methyl sites for hydroxylation is 1. The van der Waals surface area contributed by atoms with E-state index in [0.717, 1.165) is 24.0 Å². The average Bonchev–Trinajstić information content (AvgIpc) is 3.50. The summed E-state index contributed by atoms with van der Waals surface area (Å²) in [6.45, 7) is 3.87. The van der Waals surface area contributed by atoms with E-state index in [1.165, 1.54) is 10.6 Å². The van der Waals surface area contributed by atoms with Crippen LogP contribution in [0.4, 0.5) is 0 Å².